The number of nitrogens with zero attached hydrogens (tertiary/aromatic N) is 1. The molecule has 0 saturated heterocycles. The van der Waals surface area contributed by atoms with Crippen molar-refractivity contribution >= 4 is 17.9 Å². The quantitative estimate of drug-likeness (QED) is 0.0287. The Kier molecular flexibility index (Phi) is 36.2. The summed E-state index contributed by atoms with van der Waals surface area (Å²) in [4.78, 5) is 36.9. The Balaban J connectivity index is 4.32. The monoisotopic (exact) mass is 765 g/mol. The summed E-state index contributed by atoms with van der Waals surface area (Å²) in [6.45, 7) is 4.72. The van der Waals surface area contributed by atoms with E-state index >= 15 is 0 Å². The number of carbonyl (C=O) groups is 3. The molecule has 0 aliphatic carbocycles. The molecule has 8 nitrogen and oxygen atoms in total. The topological polar surface area (TPSA) is 99.1 Å². The highest BCUT2D eigenvalue weighted by Gasteiger charge is 2.31. The number of carboxylic acids is 1. The van der Waals surface area contributed by atoms with Crippen molar-refractivity contribution in [3.63, 3.8) is 0 Å². The zero-order valence-electron chi connectivity index (χ0n) is 35.9. The number of hydrogen-bond donors (Lipinski definition) is 1. The number of rotatable bonds is 40. The number of carbonyl (C=O) groups excluding carboxylic acids is 2. The Morgan fingerprint density at radius 1 is 0.556 bits per heavy atom. The molecular formula is C46H86NO7+. The molecule has 0 aromatic rings. The van der Waals surface area contributed by atoms with E-state index in [0.717, 1.165) is 51.4 Å². The van der Waals surface area contributed by atoms with Crippen LogP contribution in [0.4, 0.5) is 0 Å². The predicted molar refractivity (Wildman–Crippen MR) is 225 cm³/mol. The third kappa shape index (κ3) is 35.5. The van der Waals surface area contributed by atoms with E-state index in [1.54, 1.807) is 0 Å². The smallest absolute Gasteiger partial charge is 0.362 e. The van der Waals surface area contributed by atoms with E-state index < -0.39 is 18.1 Å². The lowest BCUT2D eigenvalue weighted by Crippen LogP contribution is -2.50. The van der Waals surface area contributed by atoms with E-state index in [9.17, 15) is 19.5 Å². The second-order valence-electron chi connectivity index (χ2n) is 16.3. The average molecular weight is 765 g/mol. The minimum atomic E-state index is -0.875. The van der Waals surface area contributed by atoms with Gasteiger partial charge in [0.2, 0.25) is 0 Å². The first-order chi connectivity index (χ1) is 26.1. The number of aliphatic carboxylic acids is 1. The maximum atomic E-state index is 12.7. The van der Waals surface area contributed by atoms with Gasteiger partial charge < -0.3 is 23.8 Å². The number of carboxylic acid groups (broad SMARTS) is 1. The molecule has 0 heterocycles. The standard InChI is InChI=1S/C46H85NO7/c1-6-8-10-12-14-16-18-20-21-22-23-24-25-27-29-31-33-35-37-45(49)54-42(40-52-39-38-43(46(50)51)47(3,4)5)41-53-44(48)36-34-32-30-28-26-19-17-15-13-11-9-7-2/h16,18,21-22,42-43H,6-15,17,19-20,23-41H2,1-5H3/p+1/b18-16-,22-21-. The zero-order chi connectivity index (χ0) is 40.0. The van der Waals surface area contributed by atoms with Crippen LogP contribution in [-0.4, -0.2) is 80.6 Å². The molecule has 1 N–H and O–H groups in total. The molecule has 0 amide bonds. The molecule has 0 rings (SSSR count). The third-order valence-electron chi connectivity index (χ3n) is 10.1. The molecule has 0 radical (unpaired) electrons. The normalized spacial score (nSPS) is 13.1. The van der Waals surface area contributed by atoms with Crippen LogP contribution < -0.4 is 0 Å². The number of unbranched alkanes of at least 4 members (excludes halogenated alkanes) is 22. The van der Waals surface area contributed by atoms with Crippen LogP contribution in [0.25, 0.3) is 0 Å². The van der Waals surface area contributed by atoms with Gasteiger partial charge in [-0.3, -0.25) is 9.59 Å². The number of ether oxygens (including phenoxy) is 3. The lowest BCUT2D eigenvalue weighted by Gasteiger charge is -2.31. The SMILES string of the molecule is CCCCCC/C=C\C/C=C\CCCCCCCCCC(=O)OC(COCCC(C(=O)O)[N+](C)(C)C)COC(=O)CCCCCCCCCCCCCC. The van der Waals surface area contributed by atoms with Crippen LogP contribution in [-0.2, 0) is 28.6 Å². The van der Waals surface area contributed by atoms with Gasteiger partial charge in [0.15, 0.2) is 12.1 Å². The van der Waals surface area contributed by atoms with Gasteiger partial charge in [-0.2, -0.15) is 0 Å². The molecule has 316 valence electrons. The van der Waals surface area contributed by atoms with Crippen LogP contribution in [0.1, 0.15) is 200 Å². The van der Waals surface area contributed by atoms with Gasteiger partial charge in [-0.05, 0) is 44.9 Å². The Labute approximate surface area is 332 Å². The average Bonchev–Trinajstić information content (AvgIpc) is 3.12. The predicted octanol–water partition coefficient (Wildman–Crippen LogP) is 12.1. The van der Waals surface area contributed by atoms with Crippen LogP contribution in [0.5, 0.6) is 0 Å². The first-order valence-electron chi connectivity index (χ1n) is 22.4. The molecule has 0 fully saturated rings. The highest BCUT2D eigenvalue weighted by molar-refractivity contribution is 5.72. The van der Waals surface area contributed by atoms with Gasteiger partial charge in [0.1, 0.15) is 6.61 Å². The molecule has 0 aromatic heterocycles. The minimum Gasteiger partial charge on any atom is -0.477 e. The van der Waals surface area contributed by atoms with Crippen LogP contribution in [0.3, 0.4) is 0 Å². The second kappa shape index (κ2) is 37.7. The molecule has 0 aliphatic heterocycles. The summed E-state index contributed by atoms with van der Waals surface area (Å²) in [5, 5.41) is 9.61. The number of allylic oxidation sites excluding steroid dienone is 4. The highest BCUT2D eigenvalue weighted by Crippen LogP contribution is 2.15. The van der Waals surface area contributed by atoms with Gasteiger partial charge in [0.25, 0.3) is 0 Å². The van der Waals surface area contributed by atoms with Crippen molar-refractivity contribution in [3.8, 4) is 0 Å². The molecule has 54 heavy (non-hydrogen) atoms. The lowest BCUT2D eigenvalue weighted by molar-refractivity contribution is -0.887. The molecule has 0 aliphatic rings. The minimum absolute atomic E-state index is 0.0501. The summed E-state index contributed by atoms with van der Waals surface area (Å²) in [6, 6.07) is -0.613. The summed E-state index contributed by atoms with van der Waals surface area (Å²) in [7, 11) is 5.53. The molecule has 8 heteroatoms. The molecule has 0 spiro atoms. The van der Waals surface area contributed by atoms with Gasteiger partial charge in [-0.1, -0.05) is 160 Å². The van der Waals surface area contributed by atoms with Crippen LogP contribution >= 0.6 is 0 Å². The van der Waals surface area contributed by atoms with E-state index in [1.165, 1.54) is 116 Å². The van der Waals surface area contributed by atoms with E-state index in [0.29, 0.717) is 19.3 Å². The van der Waals surface area contributed by atoms with Crippen LogP contribution in [0.15, 0.2) is 24.3 Å². The Morgan fingerprint density at radius 3 is 1.44 bits per heavy atom. The van der Waals surface area contributed by atoms with Crippen molar-refractivity contribution in [1.82, 2.24) is 0 Å². The van der Waals surface area contributed by atoms with Crippen LogP contribution in [0, 0.1) is 0 Å². The maximum absolute atomic E-state index is 12.7. The zero-order valence-corrected chi connectivity index (χ0v) is 35.9. The molecule has 0 aromatic carbocycles. The molecule has 2 unspecified atom stereocenters. The summed E-state index contributed by atoms with van der Waals surface area (Å²) in [5.41, 5.74) is 0. The van der Waals surface area contributed by atoms with Gasteiger partial charge in [0.05, 0.1) is 34.4 Å². The van der Waals surface area contributed by atoms with Crippen molar-refractivity contribution in [2.24, 2.45) is 0 Å². The maximum Gasteiger partial charge on any atom is 0.362 e. The Morgan fingerprint density at radius 2 is 0.981 bits per heavy atom. The van der Waals surface area contributed by atoms with Crippen molar-refractivity contribution < 1.29 is 38.2 Å². The summed E-state index contributed by atoms with van der Waals surface area (Å²) in [6.07, 6.45) is 40.7. The molecule has 0 bridgehead atoms. The second-order valence-corrected chi connectivity index (χ2v) is 16.3. The molecule has 2 atom stereocenters. The van der Waals surface area contributed by atoms with Crippen molar-refractivity contribution in [2.75, 3.05) is 41.0 Å². The summed E-state index contributed by atoms with van der Waals surface area (Å²) >= 11 is 0. The third-order valence-corrected chi connectivity index (χ3v) is 10.1. The summed E-state index contributed by atoms with van der Waals surface area (Å²) < 4.78 is 17.3. The number of esters is 2. The van der Waals surface area contributed by atoms with Gasteiger partial charge in [-0.25, -0.2) is 4.79 Å². The fourth-order valence-electron chi connectivity index (χ4n) is 6.59. The number of quaternary nitrogens is 1. The summed E-state index contributed by atoms with van der Waals surface area (Å²) in [5.74, 6) is -1.47. The molecular weight excluding hydrogens is 679 g/mol. The van der Waals surface area contributed by atoms with E-state index in [1.807, 2.05) is 21.1 Å². The first kappa shape index (κ1) is 51.8. The fourth-order valence-corrected chi connectivity index (χ4v) is 6.59. The van der Waals surface area contributed by atoms with Crippen molar-refractivity contribution in [2.45, 2.75) is 212 Å². The van der Waals surface area contributed by atoms with Crippen LogP contribution in [0.2, 0.25) is 0 Å². The lowest BCUT2D eigenvalue weighted by atomic mass is 10.0. The number of hydrogen-bond acceptors (Lipinski definition) is 6. The van der Waals surface area contributed by atoms with Gasteiger partial charge >= 0.3 is 17.9 Å². The van der Waals surface area contributed by atoms with Gasteiger partial charge in [-0.15, -0.1) is 0 Å². The van der Waals surface area contributed by atoms with E-state index in [4.69, 9.17) is 14.2 Å². The highest BCUT2D eigenvalue weighted by atomic mass is 16.6. The van der Waals surface area contributed by atoms with E-state index in [2.05, 4.69) is 38.2 Å². The number of likely N-dealkylation sites (N-methyl/N-ethyl adjacent to an activating group) is 1. The largest absolute Gasteiger partial charge is 0.477 e. The first-order valence-corrected chi connectivity index (χ1v) is 22.4. The Hall–Kier alpha value is -2.19. The van der Waals surface area contributed by atoms with Crippen molar-refractivity contribution in [1.29, 1.82) is 0 Å². The Bertz CT molecular complexity index is 942. The van der Waals surface area contributed by atoms with Crippen molar-refractivity contribution in [3.05, 3.63) is 24.3 Å². The fraction of sp³-hybridized carbons (Fsp3) is 0.848. The molecule has 0 saturated carbocycles. The van der Waals surface area contributed by atoms with E-state index in [-0.39, 0.29) is 36.2 Å². The van der Waals surface area contributed by atoms with Gasteiger partial charge in [0, 0.05) is 19.3 Å².